The summed E-state index contributed by atoms with van der Waals surface area (Å²) in [6.07, 6.45) is 0.524. The molecule has 3 aromatic rings. The summed E-state index contributed by atoms with van der Waals surface area (Å²) >= 11 is 12.2. The Kier molecular flexibility index (Phi) is 8.58. The van der Waals surface area contributed by atoms with Gasteiger partial charge in [0.25, 0.3) is 11.8 Å². The lowest BCUT2D eigenvalue weighted by atomic mass is 10.1. The molecule has 0 fully saturated rings. The van der Waals surface area contributed by atoms with Gasteiger partial charge in [0, 0.05) is 29.9 Å². The normalized spacial score (nSPS) is 10.4. The van der Waals surface area contributed by atoms with Gasteiger partial charge in [0.2, 0.25) is 0 Å². The van der Waals surface area contributed by atoms with Crippen molar-refractivity contribution >= 4 is 40.7 Å². The molecule has 0 aromatic heterocycles. The highest BCUT2D eigenvalue weighted by Crippen LogP contribution is 2.26. The number of carbonyl (C=O) groups is 2. The van der Waals surface area contributed by atoms with E-state index in [1.807, 2.05) is 30.3 Å². The van der Waals surface area contributed by atoms with E-state index in [-0.39, 0.29) is 16.8 Å². The molecule has 6 nitrogen and oxygen atoms in total. The third-order valence-corrected chi connectivity index (χ3v) is 5.52. The zero-order chi connectivity index (χ0) is 23.8. The summed E-state index contributed by atoms with van der Waals surface area (Å²) in [5, 5.41) is 3.62. The Hall–Kier alpha value is -3.22. The fourth-order valence-corrected chi connectivity index (χ4v) is 3.77. The maximum Gasteiger partial charge on any atom is 0.259 e. The molecule has 2 amide bonds. The Bertz CT molecular complexity index is 1120. The van der Waals surface area contributed by atoms with Crippen molar-refractivity contribution in [3.8, 4) is 11.5 Å². The van der Waals surface area contributed by atoms with Crippen molar-refractivity contribution in [3.63, 3.8) is 0 Å². The van der Waals surface area contributed by atoms with Crippen LogP contribution in [-0.2, 0) is 0 Å². The number of nitrogens with zero attached hydrogens (tertiary/aromatic N) is 1. The number of amides is 2. The summed E-state index contributed by atoms with van der Waals surface area (Å²) in [5.74, 6) is 0.505. The molecule has 0 unspecified atom stereocenters. The monoisotopic (exact) mass is 486 g/mol. The molecule has 0 aliphatic rings. The van der Waals surface area contributed by atoms with Crippen molar-refractivity contribution in [2.75, 3.05) is 32.2 Å². The van der Waals surface area contributed by atoms with Crippen LogP contribution >= 0.6 is 23.2 Å². The summed E-state index contributed by atoms with van der Waals surface area (Å²) in [7, 11) is 3.04. The topological polar surface area (TPSA) is 67.9 Å². The molecule has 3 rings (SSSR count). The first kappa shape index (κ1) is 24.4. The van der Waals surface area contributed by atoms with Gasteiger partial charge in [-0.3, -0.25) is 9.59 Å². The van der Waals surface area contributed by atoms with E-state index in [2.05, 4.69) is 5.32 Å². The number of hydrogen-bond acceptors (Lipinski definition) is 4. The van der Waals surface area contributed by atoms with Gasteiger partial charge in [0.05, 0.1) is 30.4 Å². The molecule has 0 atom stereocenters. The predicted molar refractivity (Wildman–Crippen MR) is 131 cm³/mol. The Morgan fingerprint density at radius 1 is 0.909 bits per heavy atom. The lowest BCUT2D eigenvalue weighted by Crippen LogP contribution is -2.34. The molecule has 0 aliphatic heterocycles. The van der Waals surface area contributed by atoms with Crippen LogP contribution in [0.2, 0.25) is 10.0 Å². The predicted octanol–water partition coefficient (Wildman–Crippen LogP) is 5.48. The van der Waals surface area contributed by atoms with Gasteiger partial charge in [0.1, 0.15) is 11.5 Å². The van der Waals surface area contributed by atoms with Crippen molar-refractivity contribution in [1.29, 1.82) is 0 Å². The molecule has 8 heteroatoms. The van der Waals surface area contributed by atoms with Gasteiger partial charge in [0.15, 0.2) is 0 Å². The van der Waals surface area contributed by atoms with Gasteiger partial charge in [-0.1, -0.05) is 41.4 Å². The van der Waals surface area contributed by atoms with Crippen molar-refractivity contribution in [2.24, 2.45) is 0 Å². The van der Waals surface area contributed by atoms with Crippen LogP contribution < -0.4 is 19.7 Å². The third-order valence-electron chi connectivity index (χ3n) is 4.97. The Morgan fingerprint density at radius 2 is 1.64 bits per heavy atom. The number of nitrogens with one attached hydrogen (secondary N) is 1. The molecule has 1 N–H and O–H groups in total. The van der Waals surface area contributed by atoms with Crippen molar-refractivity contribution in [3.05, 3.63) is 87.9 Å². The number of rotatable bonds is 9. The SMILES string of the molecule is COc1ccc(C(=O)NCCCN(C(=O)c2ccc(Cl)cc2Cl)c2ccccc2)c(OC)c1. The summed E-state index contributed by atoms with van der Waals surface area (Å²) < 4.78 is 10.5. The van der Waals surface area contributed by atoms with Crippen LogP contribution in [0.3, 0.4) is 0 Å². The van der Waals surface area contributed by atoms with E-state index in [1.165, 1.54) is 7.11 Å². The van der Waals surface area contributed by atoms with Crippen LogP contribution in [0.1, 0.15) is 27.1 Å². The van der Waals surface area contributed by atoms with Gasteiger partial charge < -0.3 is 19.7 Å². The highest BCUT2D eigenvalue weighted by Gasteiger charge is 2.20. The molecule has 0 saturated heterocycles. The zero-order valence-electron chi connectivity index (χ0n) is 18.3. The quantitative estimate of drug-likeness (QED) is 0.406. The van der Waals surface area contributed by atoms with E-state index in [9.17, 15) is 9.59 Å². The van der Waals surface area contributed by atoms with Gasteiger partial charge in [-0.15, -0.1) is 0 Å². The average Bonchev–Trinajstić information content (AvgIpc) is 2.83. The fourth-order valence-electron chi connectivity index (χ4n) is 3.28. The maximum atomic E-state index is 13.3. The number of hydrogen-bond donors (Lipinski definition) is 1. The standard InChI is InChI=1S/C25H24Cl2N2O4/c1-32-19-10-12-21(23(16-19)33-2)24(30)28-13-6-14-29(18-7-4-3-5-8-18)25(31)20-11-9-17(26)15-22(20)27/h3-5,7-12,15-16H,6,13-14H2,1-2H3,(H,28,30). The number of halogens is 2. The van der Waals surface area contributed by atoms with Crippen LogP contribution in [0.25, 0.3) is 0 Å². The second-order valence-electron chi connectivity index (χ2n) is 7.09. The van der Waals surface area contributed by atoms with E-state index in [0.29, 0.717) is 47.2 Å². The van der Waals surface area contributed by atoms with Crippen LogP contribution in [0.4, 0.5) is 5.69 Å². The molecule has 3 aromatic carbocycles. The summed E-state index contributed by atoms with van der Waals surface area (Å²) in [4.78, 5) is 27.5. The number of anilines is 1. The number of para-hydroxylation sites is 1. The fraction of sp³-hybridized carbons (Fsp3) is 0.200. The van der Waals surface area contributed by atoms with Crippen molar-refractivity contribution in [1.82, 2.24) is 5.32 Å². The van der Waals surface area contributed by atoms with E-state index < -0.39 is 0 Å². The minimum Gasteiger partial charge on any atom is -0.497 e. The van der Waals surface area contributed by atoms with Crippen LogP contribution in [0.5, 0.6) is 11.5 Å². The maximum absolute atomic E-state index is 13.3. The summed E-state index contributed by atoms with van der Waals surface area (Å²) in [5.41, 5.74) is 1.50. The number of carbonyl (C=O) groups excluding carboxylic acids is 2. The van der Waals surface area contributed by atoms with Crippen LogP contribution in [-0.4, -0.2) is 39.1 Å². The van der Waals surface area contributed by atoms with Crippen LogP contribution in [0, 0.1) is 0 Å². The minimum absolute atomic E-state index is 0.244. The molecule has 0 radical (unpaired) electrons. The van der Waals surface area contributed by atoms with Gasteiger partial charge in [-0.05, 0) is 48.9 Å². The first-order chi connectivity index (χ1) is 15.9. The molecule has 0 heterocycles. The highest BCUT2D eigenvalue weighted by molar-refractivity contribution is 6.37. The second-order valence-corrected chi connectivity index (χ2v) is 7.94. The summed E-state index contributed by atoms with van der Waals surface area (Å²) in [6, 6.07) is 19.1. The van der Waals surface area contributed by atoms with Gasteiger partial charge >= 0.3 is 0 Å². The van der Waals surface area contributed by atoms with E-state index >= 15 is 0 Å². The number of benzene rings is 3. The lowest BCUT2D eigenvalue weighted by molar-refractivity contribution is 0.0950. The smallest absolute Gasteiger partial charge is 0.259 e. The average molecular weight is 487 g/mol. The first-order valence-corrected chi connectivity index (χ1v) is 11.0. The molecule has 0 spiro atoms. The van der Waals surface area contributed by atoms with Gasteiger partial charge in [-0.25, -0.2) is 0 Å². The molecule has 0 bridgehead atoms. The number of ether oxygens (including phenoxy) is 2. The largest absolute Gasteiger partial charge is 0.497 e. The molecular weight excluding hydrogens is 463 g/mol. The molecular formula is C25H24Cl2N2O4. The second kappa shape index (κ2) is 11.6. The molecule has 33 heavy (non-hydrogen) atoms. The summed E-state index contributed by atoms with van der Waals surface area (Å²) in [6.45, 7) is 0.737. The molecule has 172 valence electrons. The lowest BCUT2D eigenvalue weighted by Gasteiger charge is -2.23. The first-order valence-electron chi connectivity index (χ1n) is 10.3. The van der Waals surface area contributed by atoms with E-state index in [1.54, 1.807) is 48.4 Å². The van der Waals surface area contributed by atoms with E-state index in [4.69, 9.17) is 32.7 Å². The highest BCUT2D eigenvalue weighted by atomic mass is 35.5. The minimum atomic E-state index is -0.271. The van der Waals surface area contributed by atoms with Crippen molar-refractivity contribution in [2.45, 2.75) is 6.42 Å². The Labute approximate surface area is 203 Å². The molecule has 0 saturated carbocycles. The third kappa shape index (κ3) is 6.18. The van der Waals surface area contributed by atoms with E-state index in [0.717, 1.165) is 5.69 Å². The molecule has 0 aliphatic carbocycles. The number of methoxy groups -OCH3 is 2. The Balaban J connectivity index is 1.68. The van der Waals surface area contributed by atoms with Crippen molar-refractivity contribution < 1.29 is 19.1 Å². The Morgan fingerprint density at radius 3 is 2.30 bits per heavy atom. The van der Waals surface area contributed by atoms with Crippen LogP contribution in [0.15, 0.2) is 66.7 Å². The van der Waals surface area contributed by atoms with Gasteiger partial charge in [-0.2, -0.15) is 0 Å². The zero-order valence-corrected chi connectivity index (χ0v) is 19.8.